The maximum atomic E-state index is 10.2. The number of aliphatic hydroxyl groups excluding tert-OH is 4. The average molecular weight is 400 g/mol. The normalized spacial score (nSPS) is 9.44. The number of aliphatic hydroxyl groups is 4. The summed E-state index contributed by atoms with van der Waals surface area (Å²) < 4.78 is 8.37. The molecule has 0 fully saturated rings. The van der Waals surface area contributed by atoms with Crippen LogP contribution in [0.25, 0.3) is 0 Å². The first kappa shape index (κ1) is 34.9. The Hall–Kier alpha value is -1.35. The van der Waals surface area contributed by atoms with Gasteiger partial charge in [0.1, 0.15) is 0 Å². The molecule has 0 aromatic rings. The van der Waals surface area contributed by atoms with Gasteiger partial charge in [0.05, 0.1) is 37.9 Å². The minimum atomic E-state index is -0.537. The Morgan fingerprint density at radius 3 is 1.04 bits per heavy atom. The van der Waals surface area contributed by atoms with Gasteiger partial charge in [-0.05, 0) is 26.7 Å². The van der Waals surface area contributed by atoms with Crippen molar-refractivity contribution >= 4 is 11.9 Å². The summed E-state index contributed by atoms with van der Waals surface area (Å²) in [5, 5.41) is 32.6. The zero-order chi connectivity index (χ0) is 20.0. The molecule has 0 bridgehead atoms. The predicted octanol–water partition coefficient (Wildman–Crippen LogP) is 2.02. The fourth-order valence-electron chi connectivity index (χ4n) is 0.459. The van der Waals surface area contributed by atoms with E-state index in [1.54, 1.807) is 0 Å². The van der Waals surface area contributed by atoms with Crippen molar-refractivity contribution in [1.82, 2.24) is 0 Å². The topological polar surface area (TPSA) is 134 Å². The largest absolute Gasteiger partial charge is 0.512 e. The van der Waals surface area contributed by atoms with Crippen LogP contribution < -0.4 is 0 Å². The van der Waals surface area contributed by atoms with Gasteiger partial charge in [-0.15, -0.1) is 0 Å². The summed E-state index contributed by atoms with van der Waals surface area (Å²) >= 11 is 0. The van der Waals surface area contributed by atoms with E-state index in [4.69, 9.17) is 20.4 Å². The Bertz CT molecular complexity index is 308. The number of carbonyl (C=O) groups is 2. The molecule has 0 rings (SSSR count). The van der Waals surface area contributed by atoms with Crippen LogP contribution in [-0.2, 0) is 40.8 Å². The molecule has 148 valence electrons. The molecule has 0 spiro atoms. The van der Waals surface area contributed by atoms with E-state index in [2.05, 4.69) is 9.47 Å². The molecule has 9 heteroatoms. The van der Waals surface area contributed by atoms with Gasteiger partial charge in [-0.25, -0.2) is 9.59 Å². The molecule has 25 heavy (non-hydrogen) atoms. The first-order chi connectivity index (χ1) is 11.2. The van der Waals surface area contributed by atoms with Gasteiger partial charge in [0.2, 0.25) is 0 Å². The van der Waals surface area contributed by atoms with E-state index < -0.39 is 11.9 Å². The molecular weight excluding hydrogens is 368 g/mol. The second-order valence-electron chi connectivity index (χ2n) is 4.06. The molecule has 0 aliphatic heterocycles. The number of rotatable bonds is 4. The van der Waals surface area contributed by atoms with Gasteiger partial charge in [-0.1, -0.05) is 13.8 Å². The van der Waals surface area contributed by atoms with Crippen LogP contribution in [0, 0.1) is 0 Å². The molecule has 0 aromatic heterocycles. The second kappa shape index (κ2) is 30.5. The number of hydrogen-bond acceptors (Lipinski definition) is 8. The standard InChI is InChI=1S/2C5H8O3.2C3H8O.Ti/c2*1-4(6)3-5(7)8-2;2*1-2-3-4;/h2*3,6H,1-2H3;2*4H,2-3H2,1H3;. The van der Waals surface area contributed by atoms with Crippen molar-refractivity contribution in [2.24, 2.45) is 0 Å². The number of carbonyl (C=O) groups excluding carboxylic acids is 2. The van der Waals surface area contributed by atoms with Gasteiger partial charge in [0.25, 0.3) is 0 Å². The number of esters is 2. The van der Waals surface area contributed by atoms with Crippen LogP contribution in [0.2, 0.25) is 0 Å². The molecule has 8 nitrogen and oxygen atoms in total. The summed E-state index contributed by atoms with van der Waals surface area (Å²) in [6.07, 6.45) is 3.75. The third kappa shape index (κ3) is 60.4. The Morgan fingerprint density at radius 1 is 0.800 bits per heavy atom. The molecule has 0 amide bonds. The van der Waals surface area contributed by atoms with E-state index in [-0.39, 0.29) is 33.2 Å². The average Bonchev–Trinajstić information content (AvgIpc) is 2.54. The zero-order valence-electron chi connectivity index (χ0n) is 15.9. The van der Waals surface area contributed by atoms with Crippen LogP contribution in [0.1, 0.15) is 40.5 Å². The van der Waals surface area contributed by atoms with Crippen molar-refractivity contribution in [2.45, 2.75) is 40.5 Å². The maximum absolute atomic E-state index is 10.2. The second-order valence-corrected chi connectivity index (χ2v) is 4.06. The van der Waals surface area contributed by atoms with Crippen LogP contribution in [-0.4, -0.2) is 59.8 Å². The first-order valence-corrected chi connectivity index (χ1v) is 7.28. The smallest absolute Gasteiger partial charge is 0.333 e. The summed E-state index contributed by atoms with van der Waals surface area (Å²) in [6.45, 7) is 7.30. The predicted molar refractivity (Wildman–Crippen MR) is 91.6 cm³/mol. The van der Waals surface area contributed by atoms with E-state index in [0.29, 0.717) is 13.2 Å². The monoisotopic (exact) mass is 400 g/mol. The van der Waals surface area contributed by atoms with E-state index in [1.807, 2.05) is 13.8 Å². The molecule has 0 heterocycles. The molecule has 0 aromatic carbocycles. The number of methoxy groups -OCH3 is 2. The first-order valence-electron chi connectivity index (χ1n) is 7.28. The van der Waals surface area contributed by atoms with E-state index >= 15 is 0 Å². The Kier molecular flexibility index (Phi) is 42.6. The molecule has 0 aliphatic carbocycles. The maximum Gasteiger partial charge on any atom is 0.333 e. The van der Waals surface area contributed by atoms with Crippen LogP contribution in [0.3, 0.4) is 0 Å². The van der Waals surface area contributed by atoms with Crippen LogP contribution >= 0.6 is 0 Å². The molecule has 4 N–H and O–H groups in total. The fraction of sp³-hybridized carbons (Fsp3) is 0.625. The minimum absolute atomic E-state index is 0. The SMILES string of the molecule is CCCO.CCCO.COC(=O)C=C(C)O.COC(=O)C=C(C)O.[Ti]. The summed E-state index contributed by atoms with van der Waals surface area (Å²) in [5.41, 5.74) is 0. The molecule has 0 radical (unpaired) electrons. The van der Waals surface area contributed by atoms with Gasteiger partial charge in [-0.2, -0.15) is 0 Å². The van der Waals surface area contributed by atoms with Crippen LogP contribution in [0.15, 0.2) is 23.7 Å². The van der Waals surface area contributed by atoms with Crippen molar-refractivity contribution in [1.29, 1.82) is 0 Å². The molecular formula is C16H32O8Ti. The van der Waals surface area contributed by atoms with E-state index in [1.165, 1.54) is 28.1 Å². The summed E-state index contributed by atoms with van der Waals surface area (Å²) in [4.78, 5) is 20.3. The number of allylic oxidation sites excluding steroid dienone is 2. The Labute approximate surface area is 165 Å². The van der Waals surface area contributed by atoms with Crippen molar-refractivity contribution in [3.8, 4) is 0 Å². The van der Waals surface area contributed by atoms with Crippen molar-refractivity contribution in [3.63, 3.8) is 0 Å². The molecule has 0 unspecified atom stereocenters. The van der Waals surface area contributed by atoms with Gasteiger partial charge in [0.15, 0.2) is 0 Å². The van der Waals surface area contributed by atoms with Crippen LogP contribution in [0.5, 0.6) is 0 Å². The quantitative estimate of drug-likeness (QED) is 0.244. The van der Waals surface area contributed by atoms with Gasteiger partial charge in [0, 0.05) is 34.9 Å². The molecule has 0 saturated carbocycles. The van der Waals surface area contributed by atoms with Gasteiger partial charge in [-0.3, -0.25) is 0 Å². The third-order valence-corrected chi connectivity index (χ3v) is 1.50. The molecule has 0 saturated heterocycles. The Morgan fingerprint density at radius 2 is 1.00 bits per heavy atom. The van der Waals surface area contributed by atoms with E-state index in [9.17, 15) is 9.59 Å². The Balaban J connectivity index is -0.0000000739. The minimum Gasteiger partial charge on any atom is -0.512 e. The van der Waals surface area contributed by atoms with Crippen molar-refractivity contribution in [3.05, 3.63) is 23.7 Å². The van der Waals surface area contributed by atoms with Crippen molar-refractivity contribution in [2.75, 3.05) is 27.4 Å². The van der Waals surface area contributed by atoms with Gasteiger partial charge < -0.3 is 29.9 Å². The van der Waals surface area contributed by atoms with Crippen molar-refractivity contribution < 1.29 is 61.2 Å². The number of ether oxygens (including phenoxy) is 2. The summed E-state index contributed by atoms with van der Waals surface area (Å²) in [5.74, 6) is -1.16. The number of hydrogen-bond donors (Lipinski definition) is 4. The molecule has 0 aliphatic rings. The third-order valence-electron chi connectivity index (χ3n) is 1.50. The summed E-state index contributed by atoms with van der Waals surface area (Å²) in [7, 11) is 2.50. The summed E-state index contributed by atoms with van der Waals surface area (Å²) in [6, 6.07) is 0. The van der Waals surface area contributed by atoms with E-state index in [0.717, 1.165) is 25.0 Å². The fourth-order valence-corrected chi connectivity index (χ4v) is 0.459. The molecule has 0 atom stereocenters. The van der Waals surface area contributed by atoms with Gasteiger partial charge >= 0.3 is 11.9 Å². The van der Waals surface area contributed by atoms with Crippen LogP contribution in [0.4, 0.5) is 0 Å². The zero-order valence-corrected chi connectivity index (χ0v) is 17.5.